The number of rotatable bonds is 5. The van der Waals surface area contributed by atoms with Crippen molar-refractivity contribution in [1.29, 1.82) is 0 Å². The van der Waals surface area contributed by atoms with E-state index in [1.807, 2.05) is 23.5 Å². The summed E-state index contributed by atoms with van der Waals surface area (Å²) in [6.45, 7) is 0.826. The van der Waals surface area contributed by atoms with Gasteiger partial charge in [-0.2, -0.15) is 0 Å². The molecule has 1 aliphatic heterocycles. The van der Waals surface area contributed by atoms with Gasteiger partial charge in [-0.1, -0.05) is 103 Å². The smallest absolute Gasteiger partial charge is 0.135 e. The number of thiophene rings is 1. The summed E-state index contributed by atoms with van der Waals surface area (Å²) < 4.78 is 7.52. The number of hydrogen-bond donors (Lipinski definition) is 1. The zero-order valence-corrected chi connectivity index (χ0v) is 25.2. The van der Waals surface area contributed by atoms with Gasteiger partial charge in [0, 0.05) is 55.4 Å². The minimum atomic E-state index is 0.826. The molecule has 0 radical (unpaired) electrons. The third kappa shape index (κ3) is 4.34. The first kappa shape index (κ1) is 25.9. The van der Waals surface area contributed by atoms with Crippen LogP contribution in [0.15, 0.2) is 156 Å². The largest absolute Gasteiger partial charge is 0.456 e. The van der Waals surface area contributed by atoms with Crippen LogP contribution in [0.25, 0.3) is 60.0 Å². The van der Waals surface area contributed by atoms with Crippen molar-refractivity contribution in [3.05, 3.63) is 162 Å². The Balaban J connectivity index is 1.22. The number of hydrogen-bond acceptors (Lipinski definition) is 4. The molecule has 0 amide bonds. The Labute approximate surface area is 265 Å². The molecule has 3 heterocycles. The Kier molecular flexibility index (Phi) is 6.06. The van der Waals surface area contributed by atoms with Crippen LogP contribution in [0.1, 0.15) is 10.4 Å². The Morgan fingerprint density at radius 1 is 0.556 bits per heavy atom. The summed E-state index contributed by atoms with van der Waals surface area (Å²) in [6, 6.07) is 51.8. The van der Waals surface area contributed by atoms with E-state index in [1.54, 1.807) is 0 Å². The van der Waals surface area contributed by atoms with Crippen LogP contribution < -0.4 is 10.2 Å². The van der Waals surface area contributed by atoms with Gasteiger partial charge in [0.1, 0.15) is 11.2 Å². The van der Waals surface area contributed by atoms with Crippen LogP contribution in [0, 0.1) is 0 Å². The highest BCUT2D eigenvalue weighted by Crippen LogP contribution is 2.45. The molecular formula is C41H28N2OS. The van der Waals surface area contributed by atoms with Crippen LogP contribution in [0.2, 0.25) is 0 Å². The van der Waals surface area contributed by atoms with Gasteiger partial charge in [0.15, 0.2) is 0 Å². The van der Waals surface area contributed by atoms with E-state index in [0.717, 1.165) is 45.6 Å². The first-order valence-electron chi connectivity index (χ1n) is 15.2. The van der Waals surface area contributed by atoms with Crippen molar-refractivity contribution in [2.24, 2.45) is 0 Å². The Morgan fingerprint density at radius 3 is 2.02 bits per heavy atom. The van der Waals surface area contributed by atoms with Crippen molar-refractivity contribution in [2.45, 2.75) is 6.54 Å². The zero-order chi connectivity index (χ0) is 29.7. The van der Waals surface area contributed by atoms with E-state index in [9.17, 15) is 0 Å². The van der Waals surface area contributed by atoms with Gasteiger partial charge in [-0.25, -0.2) is 0 Å². The summed E-state index contributed by atoms with van der Waals surface area (Å²) in [7, 11) is 0. The van der Waals surface area contributed by atoms with Gasteiger partial charge in [-0.3, -0.25) is 0 Å². The molecule has 6 aromatic carbocycles. The van der Waals surface area contributed by atoms with Gasteiger partial charge < -0.3 is 14.6 Å². The third-order valence-electron chi connectivity index (χ3n) is 8.73. The van der Waals surface area contributed by atoms with Gasteiger partial charge in [-0.05, 0) is 64.7 Å². The number of fused-ring (bicyclic) bond motifs is 6. The molecule has 0 saturated heterocycles. The van der Waals surface area contributed by atoms with E-state index in [-0.39, 0.29) is 0 Å². The molecular weight excluding hydrogens is 569 g/mol. The molecule has 8 aromatic rings. The van der Waals surface area contributed by atoms with Crippen molar-refractivity contribution in [2.75, 3.05) is 4.90 Å². The zero-order valence-electron chi connectivity index (χ0n) is 24.4. The highest BCUT2D eigenvalue weighted by Gasteiger charge is 2.26. The molecule has 45 heavy (non-hydrogen) atoms. The quantitative estimate of drug-likeness (QED) is 0.214. The first-order chi connectivity index (χ1) is 22.3. The lowest BCUT2D eigenvalue weighted by Crippen LogP contribution is -2.22. The molecule has 0 unspecified atom stereocenters. The lowest BCUT2D eigenvalue weighted by molar-refractivity contribution is 0.669. The monoisotopic (exact) mass is 596 g/mol. The Bertz CT molecular complexity index is 2380. The second-order valence-electron chi connectivity index (χ2n) is 11.4. The summed E-state index contributed by atoms with van der Waals surface area (Å²) in [6.07, 6.45) is 2.18. The predicted molar refractivity (Wildman–Crippen MR) is 190 cm³/mol. The van der Waals surface area contributed by atoms with Crippen molar-refractivity contribution >= 4 is 60.4 Å². The summed E-state index contributed by atoms with van der Waals surface area (Å²) in [5, 5.41) is 7.11. The molecule has 2 aromatic heterocycles. The fourth-order valence-electron chi connectivity index (χ4n) is 6.67. The van der Waals surface area contributed by atoms with Crippen LogP contribution in [0.3, 0.4) is 0 Å². The second kappa shape index (κ2) is 10.5. The molecule has 1 aliphatic rings. The molecule has 0 saturated carbocycles. The van der Waals surface area contributed by atoms with E-state index >= 15 is 0 Å². The maximum atomic E-state index is 6.21. The number of furan rings is 1. The number of anilines is 2. The minimum Gasteiger partial charge on any atom is -0.456 e. The number of para-hydroxylation sites is 1. The van der Waals surface area contributed by atoms with Crippen molar-refractivity contribution in [3.63, 3.8) is 0 Å². The van der Waals surface area contributed by atoms with Gasteiger partial charge in [-0.15, -0.1) is 11.3 Å². The normalized spacial score (nSPS) is 12.7. The predicted octanol–water partition coefficient (Wildman–Crippen LogP) is 11.4. The van der Waals surface area contributed by atoms with Gasteiger partial charge in [0.25, 0.3) is 0 Å². The Morgan fingerprint density at radius 2 is 1.20 bits per heavy atom. The molecule has 0 atom stereocenters. The van der Waals surface area contributed by atoms with E-state index in [2.05, 4.69) is 150 Å². The topological polar surface area (TPSA) is 28.4 Å². The average molecular weight is 597 g/mol. The maximum Gasteiger partial charge on any atom is 0.135 e. The van der Waals surface area contributed by atoms with Crippen molar-refractivity contribution < 1.29 is 4.42 Å². The van der Waals surface area contributed by atoms with Crippen LogP contribution in [-0.2, 0) is 6.54 Å². The molecule has 0 spiro atoms. The van der Waals surface area contributed by atoms with Crippen LogP contribution in [0.4, 0.5) is 11.4 Å². The van der Waals surface area contributed by atoms with E-state index in [0.29, 0.717) is 0 Å². The van der Waals surface area contributed by atoms with Crippen LogP contribution in [-0.4, -0.2) is 0 Å². The van der Waals surface area contributed by atoms with E-state index < -0.39 is 0 Å². The van der Waals surface area contributed by atoms with E-state index in [4.69, 9.17) is 4.42 Å². The second-order valence-corrected chi connectivity index (χ2v) is 12.5. The van der Waals surface area contributed by atoms with Crippen LogP contribution >= 0.6 is 11.3 Å². The molecule has 1 N–H and O–H groups in total. The highest BCUT2D eigenvalue weighted by molar-refractivity contribution is 7.19. The number of nitrogens with zero attached hydrogens (tertiary/aromatic N) is 1. The molecule has 0 fully saturated rings. The number of nitrogens with one attached hydrogen (secondary N) is 1. The SMILES string of the molecule is C1=C(N(c2ccc(-c3ccccc3-c3ccccc3)cc2)c2ccc3oc4ccccc4c3c2)c2c(sc3ccccc23)CN1. The lowest BCUT2D eigenvalue weighted by Gasteiger charge is -2.31. The summed E-state index contributed by atoms with van der Waals surface area (Å²) in [4.78, 5) is 3.74. The fourth-order valence-corrected chi connectivity index (χ4v) is 7.83. The first-order valence-corrected chi connectivity index (χ1v) is 16.0. The Hall–Kier alpha value is -5.58. The summed E-state index contributed by atoms with van der Waals surface area (Å²) in [5.41, 5.74) is 11.3. The van der Waals surface area contributed by atoms with Crippen molar-refractivity contribution in [3.8, 4) is 22.3 Å². The molecule has 9 rings (SSSR count). The third-order valence-corrected chi connectivity index (χ3v) is 9.90. The summed E-state index contributed by atoms with van der Waals surface area (Å²) >= 11 is 1.87. The molecule has 0 aliphatic carbocycles. The highest BCUT2D eigenvalue weighted by atomic mass is 32.1. The van der Waals surface area contributed by atoms with Crippen LogP contribution in [0.5, 0.6) is 0 Å². The summed E-state index contributed by atoms with van der Waals surface area (Å²) in [5.74, 6) is 0. The molecule has 4 heteroatoms. The maximum absolute atomic E-state index is 6.21. The standard InChI is InChI=1S/C41H28N2OS/c1-2-10-27(11-3-1)31-12-4-5-13-32(31)28-18-20-29(21-19-28)43(30-22-23-38-35(24-30)33-14-6-8-16-37(33)44-38)36-25-42-26-40-41(36)34-15-7-9-17-39(34)45-40/h1-25,42H,26H2. The van der Waals surface area contributed by atoms with Gasteiger partial charge in [0.2, 0.25) is 0 Å². The van der Waals surface area contributed by atoms with Gasteiger partial charge in [0.05, 0.1) is 5.70 Å². The van der Waals surface area contributed by atoms with E-state index in [1.165, 1.54) is 42.8 Å². The fraction of sp³-hybridized carbons (Fsp3) is 0.0244. The average Bonchev–Trinajstić information content (AvgIpc) is 3.68. The lowest BCUT2D eigenvalue weighted by atomic mass is 9.94. The molecule has 214 valence electrons. The number of benzene rings is 6. The van der Waals surface area contributed by atoms with Crippen molar-refractivity contribution in [1.82, 2.24) is 5.32 Å². The molecule has 0 bridgehead atoms. The van der Waals surface area contributed by atoms with Gasteiger partial charge >= 0.3 is 0 Å². The molecule has 3 nitrogen and oxygen atoms in total. The minimum absolute atomic E-state index is 0.826.